The van der Waals surface area contributed by atoms with Crippen molar-refractivity contribution in [1.82, 2.24) is 4.72 Å². The monoisotopic (exact) mass is 333 g/mol. The van der Waals surface area contributed by atoms with E-state index in [9.17, 15) is 22.9 Å². The van der Waals surface area contributed by atoms with E-state index in [2.05, 4.69) is 9.46 Å². The Morgan fingerprint density at radius 2 is 2.18 bits per heavy atom. The number of halogens is 1. The maximum Gasteiger partial charge on any atom is 0.315 e. The van der Waals surface area contributed by atoms with Crippen LogP contribution in [0.2, 0.25) is 0 Å². The lowest BCUT2D eigenvalue weighted by Gasteiger charge is -2.12. The number of ether oxygens (including phenoxy) is 1. The Labute approximate surface area is 126 Å². The lowest BCUT2D eigenvalue weighted by atomic mass is 10.2. The van der Waals surface area contributed by atoms with E-state index < -0.39 is 37.1 Å². The highest BCUT2D eigenvalue weighted by atomic mass is 32.2. The van der Waals surface area contributed by atoms with Crippen LogP contribution in [0.25, 0.3) is 0 Å². The molecule has 0 radical (unpaired) electrons. The second-order valence-corrected chi connectivity index (χ2v) is 6.83. The summed E-state index contributed by atoms with van der Waals surface area (Å²) < 4.78 is 44.8. The minimum atomic E-state index is -4.09. The summed E-state index contributed by atoms with van der Waals surface area (Å²) in [5.41, 5.74) is 5.03. The fourth-order valence-corrected chi connectivity index (χ4v) is 3.13. The molecule has 0 aromatic heterocycles. The quantitative estimate of drug-likeness (QED) is 0.560. The van der Waals surface area contributed by atoms with Crippen LogP contribution in [0, 0.1) is 21.8 Å². The first-order chi connectivity index (χ1) is 10.3. The van der Waals surface area contributed by atoms with Gasteiger partial charge in [-0.15, -0.1) is 0 Å². The van der Waals surface area contributed by atoms with Gasteiger partial charge in [0.25, 0.3) is 0 Å². The topological polar surface area (TPSA) is 125 Å². The van der Waals surface area contributed by atoms with Crippen molar-refractivity contribution in [2.75, 3.05) is 13.7 Å². The van der Waals surface area contributed by atoms with E-state index in [0.717, 1.165) is 26.0 Å². The van der Waals surface area contributed by atoms with Crippen molar-refractivity contribution in [3.8, 4) is 5.75 Å². The minimum Gasteiger partial charge on any atom is -0.488 e. The lowest BCUT2D eigenvalue weighted by Crippen LogP contribution is -2.38. The third-order valence-corrected chi connectivity index (χ3v) is 4.85. The predicted octanol–water partition coefficient (Wildman–Crippen LogP) is 0.758. The lowest BCUT2D eigenvalue weighted by molar-refractivity contribution is -0.386. The van der Waals surface area contributed by atoms with Gasteiger partial charge in [-0.25, -0.2) is 17.5 Å². The van der Waals surface area contributed by atoms with Crippen LogP contribution in [0.4, 0.5) is 10.1 Å². The summed E-state index contributed by atoms with van der Waals surface area (Å²) >= 11 is 0. The molecular formula is C12H16FN3O5S. The van der Waals surface area contributed by atoms with Gasteiger partial charge >= 0.3 is 5.69 Å². The van der Waals surface area contributed by atoms with Gasteiger partial charge in [0, 0.05) is 18.7 Å². The van der Waals surface area contributed by atoms with E-state index in [1.807, 2.05) is 0 Å². The highest BCUT2D eigenvalue weighted by molar-refractivity contribution is 7.89. The Morgan fingerprint density at radius 1 is 1.55 bits per heavy atom. The number of hydrogen-bond donors (Lipinski definition) is 2. The number of rotatable bonds is 7. The zero-order valence-electron chi connectivity index (χ0n) is 11.8. The van der Waals surface area contributed by atoms with Gasteiger partial charge in [-0.2, -0.15) is 0 Å². The molecule has 2 rings (SSSR count). The van der Waals surface area contributed by atoms with E-state index in [1.165, 1.54) is 0 Å². The summed E-state index contributed by atoms with van der Waals surface area (Å²) in [6, 6.07) is 1.11. The predicted molar refractivity (Wildman–Crippen MR) is 75.5 cm³/mol. The zero-order valence-corrected chi connectivity index (χ0v) is 12.6. The molecular weight excluding hydrogens is 317 g/mol. The van der Waals surface area contributed by atoms with Crippen molar-refractivity contribution < 1.29 is 22.5 Å². The first-order valence-corrected chi connectivity index (χ1v) is 8.01. The third kappa shape index (κ3) is 3.51. The standard InChI is InChI=1S/C12H16FN3O5S/c1-21-12-9(13)4-8(5-11(12)16(17)18)22(19,20)15-6-10(14)7-2-3-7/h4-5,7,10,15H,2-3,6,14H2,1H3. The molecule has 10 heteroatoms. The maximum atomic E-state index is 13.8. The summed E-state index contributed by atoms with van der Waals surface area (Å²) in [6.45, 7) is -0.00551. The second kappa shape index (κ2) is 6.15. The van der Waals surface area contributed by atoms with Gasteiger partial charge in [0.05, 0.1) is 16.9 Å². The van der Waals surface area contributed by atoms with Gasteiger partial charge in [-0.1, -0.05) is 0 Å². The van der Waals surface area contributed by atoms with Gasteiger partial charge in [0.15, 0.2) is 5.82 Å². The van der Waals surface area contributed by atoms with Crippen LogP contribution in [0.15, 0.2) is 17.0 Å². The van der Waals surface area contributed by atoms with E-state index in [1.54, 1.807) is 0 Å². The van der Waals surface area contributed by atoms with Crippen LogP contribution in [0.5, 0.6) is 5.75 Å². The molecule has 1 unspecified atom stereocenters. The first-order valence-electron chi connectivity index (χ1n) is 6.53. The average Bonchev–Trinajstić information content (AvgIpc) is 3.28. The van der Waals surface area contributed by atoms with Crippen molar-refractivity contribution in [2.24, 2.45) is 11.7 Å². The van der Waals surface area contributed by atoms with Crippen LogP contribution in [-0.4, -0.2) is 33.0 Å². The van der Waals surface area contributed by atoms with Crippen LogP contribution < -0.4 is 15.2 Å². The first kappa shape index (κ1) is 16.6. The fourth-order valence-electron chi connectivity index (χ4n) is 2.03. The molecule has 0 bridgehead atoms. The molecule has 122 valence electrons. The number of nitrogens with zero attached hydrogens (tertiary/aromatic N) is 1. The molecule has 1 aromatic carbocycles. The third-order valence-electron chi connectivity index (χ3n) is 3.45. The van der Waals surface area contributed by atoms with E-state index in [4.69, 9.17) is 5.73 Å². The summed E-state index contributed by atoms with van der Waals surface area (Å²) in [7, 11) is -3.03. The zero-order chi connectivity index (χ0) is 16.5. The van der Waals surface area contributed by atoms with E-state index >= 15 is 0 Å². The average molecular weight is 333 g/mol. The van der Waals surface area contributed by atoms with Crippen LogP contribution in [-0.2, 0) is 10.0 Å². The van der Waals surface area contributed by atoms with Gasteiger partial charge in [0.1, 0.15) is 0 Å². The molecule has 1 saturated carbocycles. The second-order valence-electron chi connectivity index (χ2n) is 5.07. The Balaban J connectivity index is 2.28. The fraction of sp³-hybridized carbons (Fsp3) is 0.500. The van der Waals surface area contributed by atoms with Crippen molar-refractivity contribution in [1.29, 1.82) is 0 Å². The largest absolute Gasteiger partial charge is 0.488 e. The van der Waals surface area contributed by atoms with Crippen molar-refractivity contribution in [3.63, 3.8) is 0 Å². The number of sulfonamides is 1. The normalized spacial score (nSPS) is 16.3. The Hall–Kier alpha value is -1.78. The Bertz CT molecular complexity index is 690. The molecule has 3 N–H and O–H groups in total. The number of nitrogens with one attached hydrogen (secondary N) is 1. The highest BCUT2D eigenvalue weighted by Gasteiger charge is 2.30. The van der Waals surface area contributed by atoms with Gasteiger partial charge in [-0.05, 0) is 24.8 Å². The molecule has 0 saturated heterocycles. The molecule has 22 heavy (non-hydrogen) atoms. The molecule has 0 heterocycles. The summed E-state index contributed by atoms with van der Waals surface area (Å²) in [6.07, 6.45) is 1.90. The molecule has 8 nitrogen and oxygen atoms in total. The van der Waals surface area contributed by atoms with Crippen LogP contribution in [0.3, 0.4) is 0 Å². The van der Waals surface area contributed by atoms with Crippen molar-refractivity contribution in [3.05, 3.63) is 28.1 Å². The number of nitro groups is 1. The Morgan fingerprint density at radius 3 is 2.68 bits per heavy atom. The molecule has 0 spiro atoms. The molecule has 1 aromatic rings. The smallest absolute Gasteiger partial charge is 0.315 e. The summed E-state index contributed by atoms with van der Waals surface area (Å²) in [4.78, 5) is 9.45. The number of benzene rings is 1. The number of hydrogen-bond acceptors (Lipinski definition) is 6. The molecule has 1 aliphatic carbocycles. The van der Waals surface area contributed by atoms with Gasteiger partial charge < -0.3 is 10.5 Å². The number of nitrogens with two attached hydrogens (primary N) is 1. The van der Waals surface area contributed by atoms with Crippen LogP contribution in [0.1, 0.15) is 12.8 Å². The molecule has 1 aliphatic rings. The molecule has 1 fully saturated rings. The maximum absolute atomic E-state index is 13.8. The van der Waals surface area contributed by atoms with Crippen LogP contribution >= 0.6 is 0 Å². The molecule has 1 atom stereocenters. The highest BCUT2D eigenvalue weighted by Crippen LogP contribution is 2.33. The van der Waals surface area contributed by atoms with Crippen molar-refractivity contribution >= 4 is 15.7 Å². The van der Waals surface area contributed by atoms with E-state index in [0.29, 0.717) is 6.07 Å². The van der Waals surface area contributed by atoms with Crippen molar-refractivity contribution in [2.45, 2.75) is 23.8 Å². The molecule has 0 amide bonds. The summed E-state index contributed by atoms with van der Waals surface area (Å²) in [5, 5.41) is 10.9. The SMILES string of the molecule is COc1c(F)cc(S(=O)(=O)NCC(N)C2CC2)cc1[N+](=O)[O-]. The number of nitro benzene ring substituents is 1. The number of methoxy groups -OCH3 is 1. The van der Waals surface area contributed by atoms with Gasteiger partial charge in [-0.3, -0.25) is 10.1 Å². The molecule has 0 aliphatic heterocycles. The Kier molecular flexibility index (Phi) is 4.63. The minimum absolute atomic E-state index is 0.00551. The van der Waals surface area contributed by atoms with E-state index in [-0.39, 0.29) is 18.5 Å². The van der Waals surface area contributed by atoms with Gasteiger partial charge in [0.2, 0.25) is 15.8 Å². The summed E-state index contributed by atoms with van der Waals surface area (Å²) in [5.74, 6) is -1.45.